The molecule has 0 amide bonds. The molecule has 0 spiro atoms. The molecule has 0 aromatic rings. The summed E-state index contributed by atoms with van der Waals surface area (Å²) in [5, 5.41) is 4.10. The van der Waals surface area contributed by atoms with Crippen LogP contribution in [0.1, 0.15) is 0 Å². The van der Waals surface area contributed by atoms with Crippen LogP contribution >= 0.6 is 21.6 Å². The van der Waals surface area contributed by atoms with Gasteiger partial charge in [-0.25, -0.2) is 16.8 Å². The lowest BCUT2D eigenvalue weighted by Crippen LogP contribution is -2.71. The van der Waals surface area contributed by atoms with Crippen molar-refractivity contribution >= 4 is 41.4 Å². The van der Waals surface area contributed by atoms with Gasteiger partial charge in [0.05, 0.1) is 0 Å². The highest BCUT2D eigenvalue weighted by atomic mass is 33.1. The maximum Gasteiger partial charge on any atom is 0.237 e. The minimum absolute atomic E-state index is 0.0888. The smallest absolute Gasteiger partial charge is 0.237 e. The second-order valence-corrected chi connectivity index (χ2v) is 10.3. The molecule has 2 rings (SSSR count). The summed E-state index contributed by atoms with van der Waals surface area (Å²) in [7, 11) is -5.28. The summed E-state index contributed by atoms with van der Waals surface area (Å²) >= 11 is 0. The summed E-state index contributed by atoms with van der Waals surface area (Å²) in [6.45, 7) is 7.01. The van der Waals surface area contributed by atoms with E-state index >= 15 is 0 Å². The summed E-state index contributed by atoms with van der Waals surface area (Å²) in [6, 6.07) is 0. The molecule has 6 nitrogen and oxygen atoms in total. The van der Waals surface area contributed by atoms with Gasteiger partial charge in [-0.15, -0.1) is 0 Å². The van der Waals surface area contributed by atoms with E-state index in [9.17, 15) is 16.8 Å². The molecule has 2 aliphatic rings. The van der Waals surface area contributed by atoms with Crippen LogP contribution in [0.2, 0.25) is 0 Å². The van der Waals surface area contributed by atoms with Crippen LogP contribution in [0, 0.1) is 0 Å². The summed E-state index contributed by atoms with van der Waals surface area (Å²) in [5.41, 5.74) is 0. The van der Waals surface area contributed by atoms with Crippen LogP contribution in [0.3, 0.4) is 0 Å². The first-order chi connectivity index (χ1) is 8.32. The number of hydrogen-bond donors (Lipinski definition) is 1. The second kappa shape index (κ2) is 4.53. The van der Waals surface area contributed by atoms with Crippen LogP contribution in [0.15, 0.2) is 24.0 Å². The number of sulfone groups is 1. The molecule has 2 saturated heterocycles. The van der Waals surface area contributed by atoms with Crippen LogP contribution in [0.5, 0.6) is 0 Å². The Bertz CT molecular complexity index is 584. The number of fused-ring (bicyclic) bond motifs is 1. The molecule has 0 bridgehead atoms. The summed E-state index contributed by atoms with van der Waals surface area (Å²) in [5.74, 6) is 0. The quantitative estimate of drug-likeness (QED) is 0.743. The van der Waals surface area contributed by atoms with Crippen LogP contribution in [-0.4, -0.2) is 43.8 Å². The normalized spacial score (nSPS) is 33.2. The maximum atomic E-state index is 12.2. The number of nitrogens with one attached hydrogen (secondary N) is 1. The molecule has 2 fully saturated rings. The fraction of sp³-hybridized carbons (Fsp3) is 0.500. The fourth-order valence-electron chi connectivity index (χ4n) is 1.82. The van der Waals surface area contributed by atoms with E-state index in [0.29, 0.717) is 6.54 Å². The third-order valence-corrected chi connectivity index (χ3v) is 10.9. The molecular formula is C8H12N2O4S4. The van der Waals surface area contributed by atoms with E-state index in [0.717, 1.165) is 25.9 Å². The first-order valence-electron chi connectivity index (χ1n) is 4.92. The molecule has 10 heteroatoms. The molecular weight excluding hydrogens is 316 g/mol. The van der Waals surface area contributed by atoms with Gasteiger partial charge in [0, 0.05) is 23.9 Å². The lowest BCUT2D eigenvalue weighted by atomic mass is 10.4. The van der Waals surface area contributed by atoms with Gasteiger partial charge in [-0.1, -0.05) is 24.0 Å². The highest BCUT2D eigenvalue weighted by molar-refractivity contribution is 8.82. The Morgan fingerprint density at radius 2 is 1.94 bits per heavy atom. The van der Waals surface area contributed by atoms with Crippen molar-refractivity contribution in [1.29, 1.82) is 0 Å². The van der Waals surface area contributed by atoms with E-state index in [4.69, 9.17) is 0 Å². The van der Waals surface area contributed by atoms with Crippen molar-refractivity contribution in [3.8, 4) is 0 Å². The van der Waals surface area contributed by atoms with Gasteiger partial charge in [-0.05, 0) is 10.8 Å². The van der Waals surface area contributed by atoms with Crippen molar-refractivity contribution in [2.75, 3.05) is 13.1 Å². The van der Waals surface area contributed by atoms with E-state index in [1.165, 1.54) is 10.8 Å². The Balaban J connectivity index is 2.59. The molecule has 2 heterocycles. The molecule has 0 saturated carbocycles. The molecule has 102 valence electrons. The average molecular weight is 328 g/mol. The number of sulfonamides is 1. The van der Waals surface area contributed by atoms with Crippen LogP contribution in [-0.2, 0) is 19.9 Å². The van der Waals surface area contributed by atoms with Crippen LogP contribution in [0.25, 0.3) is 0 Å². The Morgan fingerprint density at radius 3 is 2.39 bits per heavy atom. The van der Waals surface area contributed by atoms with Gasteiger partial charge < -0.3 is 5.32 Å². The van der Waals surface area contributed by atoms with E-state index < -0.39 is 29.4 Å². The first-order valence-corrected chi connectivity index (χ1v) is 10.2. The Kier molecular flexibility index (Phi) is 3.63. The molecule has 2 unspecified atom stereocenters. The number of rotatable bonds is 4. The topological polar surface area (TPSA) is 83.6 Å². The molecule has 2 atom stereocenters. The van der Waals surface area contributed by atoms with E-state index in [1.807, 2.05) is 0 Å². The third-order valence-electron chi connectivity index (χ3n) is 2.73. The van der Waals surface area contributed by atoms with Crippen molar-refractivity contribution in [2.24, 2.45) is 0 Å². The van der Waals surface area contributed by atoms with E-state index in [-0.39, 0.29) is 6.54 Å². The molecule has 0 aromatic heterocycles. The van der Waals surface area contributed by atoms with Gasteiger partial charge >= 0.3 is 0 Å². The zero-order chi connectivity index (χ0) is 13.6. The third kappa shape index (κ3) is 1.78. The van der Waals surface area contributed by atoms with E-state index in [1.54, 1.807) is 0 Å². The Morgan fingerprint density at radius 1 is 1.28 bits per heavy atom. The van der Waals surface area contributed by atoms with Crippen LogP contribution in [0.4, 0.5) is 0 Å². The van der Waals surface area contributed by atoms with Crippen LogP contribution < -0.4 is 5.32 Å². The van der Waals surface area contributed by atoms with Crippen molar-refractivity contribution in [2.45, 2.75) is 9.58 Å². The van der Waals surface area contributed by atoms with Crippen molar-refractivity contribution in [3.05, 3.63) is 24.0 Å². The zero-order valence-corrected chi connectivity index (χ0v) is 12.5. The summed E-state index contributed by atoms with van der Waals surface area (Å²) in [6.07, 6.45) is 0. The number of piperazine rings is 1. The van der Waals surface area contributed by atoms with Gasteiger partial charge in [0.1, 0.15) is 5.37 Å². The monoisotopic (exact) mass is 328 g/mol. The molecule has 1 N–H and O–H groups in total. The summed E-state index contributed by atoms with van der Waals surface area (Å²) in [4.78, 5) is 0. The minimum Gasteiger partial charge on any atom is -0.300 e. The minimum atomic E-state index is -3.81. The van der Waals surface area contributed by atoms with Gasteiger partial charge in [-0.3, -0.25) is 0 Å². The lowest BCUT2D eigenvalue weighted by Gasteiger charge is -2.53. The largest absolute Gasteiger partial charge is 0.300 e. The molecule has 0 radical (unpaired) electrons. The first kappa shape index (κ1) is 14.4. The molecule has 2 aliphatic heterocycles. The van der Waals surface area contributed by atoms with E-state index in [2.05, 4.69) is 18.5 Å². The zero-order valence-electron chi connectivity index (χ0n) is 9.27. The Labute approximate surface area is 114 Å². The lowest BCUT2D eigenvalue weighted by molar-refractivity contribution is 0.285. The number of hydrogen-bond acceptors (Lipinski definition) is 7. The molecule has 0 aromatic carbocycles. The van der Waals surface area contributed by atoms with Gasteiger partial charge in [-0.2, -0.15) is 4.31 Å². The Hall–Kier alpha value is -0.000000000000000111. The van der Waals surface area contributed by atoms with Crippen molar-refractivity contribution in [3.63, 3.8) is 0 Å². The number of nitrogens with zero attached hydrogens (tertiary/aromatic N) is 1. The van der Waals surface area contributed by atoms with Gasteiger partial charge in [0.25, 0.3) is 0 Å². The van der Waals surface area contributed by atoms with Gasteiger partial charge in [0.15, 0.2) is 0 Å². The predicted octanol–water partition coefficient (Wildman–Crippen LogP) is 0.298. The van der Waals surface area contributed by atoms with Crippen molar-refractivity contribution < 1.29 is 16.8 Å². The molecule has 0 aliphatic carbocycles. The second-order valence-electron chi connectivity index (χ2n) is 3.64. The van der Waals surface area contributed by atoms with Crippen molar-refractivity contribution in [1.82, 2.24) is 9.62 Å². The molecule has 18 heavy (non-hydrogen) atoms. The fourth-order valence-corrected chi connectivity index (χ4v) is 10.1. The average Bonchev–Trinajstić information content (AvgIpc) is 2.30. The SMILES string of the molecule is C=CS(=O)(=O)N1CCNC2SSC21S(=O)(=O)C=C. The maximum absolute atomic E-state index is 12.2. The predicted molar refractivity (Wildman–Crippen MR) is 74.6 cm³/mol. The highest BCUT2D eigenvalue weighted by Crippen LogP contribution is 2.61. The van der Waals surface area contributed by atoms with Gasteiger partial charge in [0.2, 0.25) is 24.1 Å². The summed E-state index contributed by atoms with van der Waals surface area (Å²) < 4.78 is 47.8. The highest BCUT2D eigenvalue weighted by Gasteiger charge is 2.66. The standard InChI is InChI=1S/C8H12N2O4S4/c1-3-17(11,12)8-7(15-16-8)9-5-6-10(8)18(13,14)4-2/h3-4,7,9H,1-2,5-6H2.